The maximum atomic E-state index is 12.5. The van der Waals surface area contributed by atoms with Crippen LogP contribution in [0.3, 0.4) is 0 Å². The fraction of sp³-hybridized carbons (Fsp3) is 1.00. The Labute approximate surface area is 301 Å². The Balaban J connectivity index is 1.12. The molecule has 9 N–H and O–H groups in total. The summed E-state index contributed by atoms with van der Waals surface area (Å²) >= 11 is 0. The average molecular weight is 733 g/mol. The molecule has 296 valence electrons. The molecule has 2 heterocycles. The van der Waals surface area contributed by atoms with Crippen molar-refractivity contribution in [1.82, 2.24) is 0 Å². The molecular weight excluding hydrogens is 668 g/mol. The number of aliphatic hydroxyl groups is 9. The van der Waals surface area contributed by atoms with Gasteiger partial charge in [0.2, 0.25) is 0 Å². The number of methoxy groups -OCH3 is 1. The minimum atomic E-state index is -1.49. The molecule has 0 aromatic heterocycles. The Hall–Kier alpha value is -0.560. The molecule has 0 radical (unpaired) electrons. The number of aliphatic hydroxyl groups excluding tert-OH is 7. The van der Waals surface area contributed by atoms with E-state index in [1.807, 2.05) is 20.8 Å². The highest BCUT2D eigenvalue weighted by Gasteiger charge is 2.72. The molecule has 13 unspecified atom stereocenters. The van der Waals surface area contributed by atoms with Crippen LogP contribution in [0.2, 0.25) is 0 Å². The van der Waals surface area contributed by atoms with Gasteiger partial charge in [0, 0.05) is 31.3 Å². The smallest absolute Gasteiger partial charge is 0.187 e. The molecule has 6 rings (SSSR count). The molecule has 6 fully saturated rings. The van der Waals surface area contributed by atoms with Crippen molar-refractivity contribution in [2.24, 2.45) is 40.9 Å². The third kappa shape index (κ3) is 6.85. The highest BCUT2D eigenvalue weighted by Crippen LogP contribution is 2.67. The number of rotatable bonds is 11. The topological polar surface area (TPSA) is 228 Å². The fourth-order valence-electron chi connectivity index (χ4n) is 11.5. The van der Waals surface area contributed by atoms with Crippen LogP contribution < -0.4 is 0 Å². The van der Waals surface area contributed by atoms with Crippen molar-refractivity contribution in [2.75, 3.05) is 20.3 Å². The zero-order valence-corrected chi connectivity index (χ0v) is 30.7. The van der Waals surface area contributed by atoms with E-state index in [1.165, 1.54) is 7.11 Å². The second-order valence-corrected chi connectivity index (χ2v) is 17.5. The van der Waals surface area contributed by atoms with Gasteiger partial charge in [-0.05, 0) is 74.5 Å². The van der Waals surface area contributed by atoms with Crippen molar-refractivity contribution in [2.45, 2.75) is 170 Å². The van der Waals surface area contributed by atoms with E-state index in [4.69, 9.17) is 23.7 Å². The van der Waals surface area contributed by atoms with Crippen LogP contribution in [0.25, 0.3) is 0 Å². The zero-order chi connectivity index (χ0) is 37.2. The van der Waals surface area contributed by atoms with Crippen LogP contribution in [0.5, 0.6) is 0 Å². The predicted octanol–water partition coefficient (Wildman–Crippen LogP) is -0.199. The van der Waals surface area contributed by atoms with E-state index >= 15 is 0 Å². The van der Waals surface area contributed by atoms with E-state index in [-0.39, 0.29) is 55.1 Å². The summed E-state index contributed by atoms with van der Waals surface area (Å²) in [5.41, 5.74) is -3.61. The summed E-state index contributed by atoms with van der Waals surface area (Å²) in [5.74, 6) is -0.373. The van der Waals surface area contributed by atoms with Gasteiger partial charge in [-0.3, -0.25) is 0 Å². The van der Waals surface area contributed by atoms with Crippen LogP contribution >= 0.6 is 0 Å². The van der Waals surface area contributed by atoms with Crippen LogP contribution in [0, 0.1) is 40.9 Å². The Bertz CT molecular complexity index is 1180. The third-order valence-corrected chi connectivity index (χ3v) is 14.4. The van der Waals surface area contributed by atoms with Crippen LogP contribution in [0.15, 0.2) is 0 Å². The Morgan fingerprint density at radius 3 is 2.25 bits per heavy atom. The minimum Gasteiger partial charge on any atom is -0.394 e. The summed E-state index contributed by atoms with van der Waals surface area (Å²) in [7, 11) is 1.35. The molecule has 0 bridgehead atoms. The largest absolute Gasteiger partial charge is 0.394 e. The lowest BCUT2D eigenvalue weighted by atomic mass is 9.42. The summed E-state index contributed by atoms with van der Waals surface area (Å²) in [6.45, 7) is 7.49. The number of hydrogen-bond acceptors (Lipinski definition) is 14. The van der Waals surface area contributed by atoms with E-state index in [2.05, 4.69) is 6.92 Å². The van der Waals surface area contributed by atoms with Crippen molar-refractivity contribution in [3.63, 3.8) is 0 Å². The molecular formula is C37H64O14. The molecule has 6 aliphatic rings. The first-order valence-electron chi connectivity index (χ1n) is 19.2. The van der Waals surface area contributed by atoms with Gasteiger partial charge in [-0.1, -0.05) is 27.7 Å². The minimum absolute atomic E-state index is 0.0268. The van der Waals surface area contributed by atoms with Gasteiger partial charge in [0.1, 0.15) is 36.6 Å². The monoisotopic (exact) mass is 732 g/mol. The maximum absolute atomic E-state index is 12.5. The van der Waals surface area contributed by atoms with Crippen molar-refractivity contribution in [1.29, 1.82) is 0 Å². The molecule has 0 aromatic rings. The van der Waals surface area contributed by atoms with Crippen molar-refractivity contribution < 1.29 is 69.6 Å². The fourth-order valence-corrected chi connectivity index (χ4v) is 11.5. The van der Waals surface area contributed by atoms with Crippen LogP contribution in [0.1, 0.15) is 85.5 Å². The van der Waals surface area contributed by atoms with Gasteiger partial charge >= 0.3 is 0 Å². The molecule has 14 heteroatoms. The molecule has 2 aliphatic heterocycles. The lowest BCUT2D eigenvalue weighted by Crippen LogP contribution is -2.74. The van der Waals surface area contributed by atoms with Crippen LogP contribution in [-0.2, 0) is 23.7 Å². The molecule has 0 aromatic carbocycles. The van der Waals surface area contributed by atoms with Crippen LogP contribution in [0.4, 0.5) is 0 Å². The van der Waals surface area contributed by atoms with Gasteiger partial charge in [-0.15, -0.1) is 0 Å². The average Bonchev–Trinajstić information content (AvgIpc) is 3.58. The lowest BCUT2D eigenvalue weighted by Gasteiger charge is -2.67. The standard InChI is InChI=1S/C37H64O14/c1-17(2)24(49-34-32(30(44)25(15-38)50-34)51-33-31(47-5)29(43)23(41)16-48-33)8-6-18(3)21-12-22(40)28-20(21)7-9-26-35(4)11-10-19(39)13-37(35,46)27(42)14-36(26,28)45/h17-34,38-46H,6-16H2,1-5H3/t18?,19-,20?,21+,22-,23?,24?,25?,26?,27+,28?,29?,30?,31?,32?,33?,34?,35+,36-,37-/m0/s1. The van der Waals surface area contributed by atoms with Crippen molar-refractivity contribution >= 4 is 0 Å². The molecule has 0 amide bonds. The summed E-state index contributed by atoms with van der Waals surface area (Å²) in [6.07, 6.45) is -7.53. The summed E-state index contributed by atoms with van der Waals surface area (Å²) in [4.78, 5) is 0. The van der Waals surface area contributed by atoms with E-state index in [0.717, 1.165) is 12.8 Å². The first kappa shape index (κ1) is 40.1. The van der Waals surface area contributed by atoms with Crippen molar-refractivity contribution in [3.05, 3.63) is 0 Å². The summed E-state index contributed by atoms with van der Waals surface area (Å²) < 4.78 is 29.4. The Kier molecular flexibility index (Phi) is 11.9. The quantitative estimate of drug-likeness (QED) is 0.134. The molecule has 4 aliphatic carbocycles. The highest BCUT2D eigenvalue weighted by atomic mass is 16.8. The molecule has 4 saturated carbocycles. The van der Waals surface area contributed by atoms with Crippen molar-refractivity contribution in [3.8, 4) is 0 Å². The van der Waals surface area contributed by atoms with Crippen LogP contribution in [-0.4, -0.2) is 151 Å². The van der Waals surface area contributed by atoms with Gasteiger partial charge in [0.25, 0.3) is 0 Å². The first-order valence-corrected chi connectivity index (χ1v) is 19.2. The molecule has 51 heavy (non-hydrogen) atoms. The number of fused-ring (bicyclic) bond motifs is 5. The Morgan fingerprint density at radius 2 is 1.59 bits per heavy atom. The normalized spacial score (nSPS) is 52.6. The SMILES string of the molecule is COC1C(OC2C(OC(CCC(C)[C@H]3C[C@H](O)C4C3CCC3[C@@]4(O)C[C@@H](O)[C@@]4(O)C[C@@H](O)CC[C@]34C)C(C)C)OC(CO)C2O)OCC(O)C1O. The van der Waals surface area contributed by atoms with E-state index in [9.17, 15) is 46.0 Å². The van der Waals surface area contributed by atoms with Gasteiger partial charge in [-0.2, -0.15) is 0 Å². The highest BCUT2D eigenvalue weighted by molar-refractivity contribution is 5.22. The number of hydrogen-bond donors (Lipinski definition) is 9. The predicted molar refractivity (Wildman–Crippen MR) is 180 cm³/mol. The lowest BCUT2D eigenvalue weighted by molar-refractivity contribution is -0.311. The molecule has 2 saturated heterocycles. The van der Waals surface area contributed by atoms with Gasteiger partial charge < -0.3 is 69.6 Å². The third-order valence-electron chi connectivity index (χ3n) is 14.4. The van der Waals surface area contributed by atoms with Gasteiger partial charge in [0.15, 0.2) is 12.6 Å². The summed E-state index contributed by atoms with van der Waals surface area (Å²) in [5, 5.41) is 99.0. The number of ether oxygens (including phenoxy) is 5. The first-order chi connectivity index (χ1) is 24.0. The van der Waals surface area contributed by atoms with E-state index in [0.29, 0.717) is 32.1 Å². The summed E-state index contributed by atoms with van der Waals surface area (Å²) in [6, 6.07) is 0. The second-order valence-electron chi connectivity index (χ2n) is 17.5. The molecule has 20 atom stereocenters. The molecule has 14 nitrogen and oxygen atoms in total. The van der Waals surface area contributed by atoms with E-state index in [1.54, 1.807) is 0 Å². The zero-order valence-electron chi connectivity index (χ0n) is 30.7. The van der Waals surface area contributed by atoms with E-state index < -0.39 is 96.7 Å². The van der Waals surface area contributed by atoms with Gasteiger partial charge in [0.05, 0.1) is 48.8 Å². The maximum Gasteiger partial charge on any atom is 0.187 e. The van der Waals surface area contributed by atoms with Gasteiger partial charge in [-0.25, -0.2) is 0 Å². The molecule has 0 spiro atoms. The second kappa shape index (κ2) is 15.2. The Morgan fingerprint density at radius 1 is 0.863 bits per heavy atom.